The molecule has 0 bridgehead atoms. The molecule has 2 aromatic carbocycles. The number of amides is 2. The normalized spacial score (nSPS) is 16.7. The number of rotatable bonds is 21. The van der Waals surface area contributed by atoms with Crippen LogP contribution in [0.2, 0.25) is 0 Å². The van der Waals surface area contributed by atoms with E-state index in [1.54, 1.807) is 0 Å². The van der Waals surface area contributed by atoms with Crippen molar-refractivity contribution in [2.75, 3.05) is 55.7 Å². The van der Waals surface area contributed by atoms with Crippen LogP contribution < -0.4 is 10.6 Å². The number of anilines is 2. The molecule has 1 saturated heterocycles. The van der Waals surface area contributed by atoms with Gasteiger partial charge in [-0.3, -0.25) is 14.5 Å². The minimum Gasteiger partial charge on any atom is -0.324 e. The van der Waals surface area contributed by atoms with E-state index in [-0.39, 0.29) is 17.9 Å². The number of likely N-dealkylation sites (tertiary alicyclic amines) is 1. The first-order valence-corrected chi connectivity index (χ1v) is 19.8. The van der Waals surface area contributed by atoms with Crippen molar-refractivity contribution in [3.05, 3.63) is 58.7 Å². The molecular weight excluding hydrogens is 613 g/mol. The summed E-state index contributed by atoms with van der Waals surface area (Å²) in [6, 6.07) is 12.4. The Morgan fingerprint density at radius 3 is 1.88 bits per heavy atom. The van der Waals surface area contributed by atoms with Gasteiger partial charge in [-0.25, -0.2) is 0 Å². The molecule has 2 amide bonds. The number of carbonyl (C=O) groups is 2. The third-order valence-electron chi connectivity index (χ3n) is 10.5. The van der Waals surface area contributed by atoms with Gasteiger partial charge >= 0.3 is 0 Å². The number of quaternary nitrogens is 1. The van der Waals surface area contributed by atoms with Crippen molar-refractivity contribution in [1.29, 1.82) is 0 Å². The van der Waals surface area contributed by atoms with Gasteiger partial charge in [-0.15, -0.1) is 0 Å². The Kier molecular flexibility index (Phi) is 18.1. The summed E-state index contributed by atoms with van der Waals surface area (Å²) < 4.78 is 0.884. The molecule has 0 aliphatic carbocycles. The highest BCUT2D eigenvalue weighted by Crippen LogP contribution is 2.25. The van der Waals surface area contributed by atoms with Crippen LogP contribution in [0.1, 0.15) is 119 Å². The molecule has 0 spiro atoms. The molecule has 1 aliphatic rings. The average Bonchev–Trinajstić information content (AvgIpc) is 3.30. The Bertz CT molecular complexity index is 1210. The molecule has 0 saturated carbocycles. The highest BCUT2D eigenvalue weighted by atomic mass is 32.1. The maximum absolute atomic E-state index is 13.6. The van der Waals surface area contributed by atoms with E-state index in [0.29, 0.717) is 6.54 Å². The minimum absolute atomic E-state index is 0.0422. The standard InChI is InChI=1S/C41H66N4O2S/c1-6-7-15-28-45(30-17-18-31-48,32-38(46)42-39-33(2)21-19-22-34(39)3)29-16-10-8-9-13-26-44-27-14-11-12-25-37(44)41(47)43-40-35(4)23-20-24-36(40)5/h19-24,37H,6-18,25-32H2,1-5H3,(H2-,42,43,46,47,48)/p+1. The number of aryl methyl sites for hydroxylation is 4. The Balaban J connectivity index is 1.54. The van der Waals surface area contributed by atoms with Crippen molar-refractivity contribution in [2.45, 2.75) is 131 Å². The summed E-state index contributed by atoms with van der Waals surface area (Å²) in [6.07, 6.45) is 16.1. The van der Waals surface area contributed by atoms with Crippen molar-refractivity contribution in [3.8, 4) is 0 Å². The fraction of sp³-hybridized carbons (Fsp3) is 0.659. The van der Waals surface area contributed by atoms with E-state index in [1.807, 2.05) is 0 Å². The van der Waals surface area contributed by atoms with Gasteiger partial charge in [0.25, 0.3) is 5.91 Å². The predicted octanol–water partition coefficient (Wildman–Crippen LogP) is 9.41. The first-order valence-electron chi connectivity index (χ1n) is 19.1. The Hall–Kier alpha value is -2.35. The number of thiol groups is 1. The van der Waals surface area contributed by atoms with Crippen molar-refractivity contribution >= 4 is 35.8 Å². The zero-order valence-electron chi connectivity index (χ0n) is 31.0. The number of hydrogen-bond acceptors (Lipinski definition) is 4. The molecule has 1 aliphatic heterocycles. The SMILES string of the molecule is CCCCC[N+](CCCCS)(CCCCCCCN1CCCCCC1C(=O)Nc1c(C)cccc1C)CC(=O)Nc1c(C)cccc1C. The Morgan fingerprint density at radius 1 is 0.729 bits per heavy atom. The van der Waals surface area contributed by atoms with E-state index in [1.165, 1.54) is 51.4 Å². The molecule has 2 atom stereocenters. The topological polar surface area (TPSA) is 61.4 Å². The van der Waals surface area contributed by atoms with E-state index >= 15 is 0 Å². The van der Waals surface area contributed by atoms with E-state index in [4.69, 9.17) is 0 Å². The fourth-order valence-electron chi connectivity index (χ4n) is 7.57. The lowest BCUT2D eigenvalue weighted by Crippen LogP contribution is -2.54. The zero-order chi connectivity index (χ0) is 34.8. The molecule has 6 nitrogen and oxygen atoms in total. The molecular formula is C41H67N4O2S+. The number of unbranched alkanes of at least 4 members (excludes halogenated alkanes) is 7. The van der Waals surface area contributed by atoms with Gasteiger partial charge < -0.3 is 15.1 Å². The predicted molar refractivity (Wildman–Crippen MR) is 208 cm³/mol. The smallest absolute Gasteiger partial charge is 0.279 e. The maximum Gasteiger partial charge on any atom is 0.279 e. The molecule has 0 aromatic heterocycles. The Morgan fingerprint density at radius 2 is 1.27 bits per heavy atom. The van der Waals surface area contributed by atoms with E-state index < -0.39 is 0 Å². The van der Waals surface area contributed by atoms with E-state index in [0.717, 1.165) is 115 Å². The maximum atomic E-state index is 13.6. The van der Waals surface area contributed by atoms with Crippen LogP contribution in [0.3, 0.4) is 0 Å². The summed E-state index contributed by atoms with van der Waals surface area (Å²) >= 11 is 4.49. The molecule has 0 radical (unpaired) electrons. The van der Waals surface area contributed by atoms with Crippen LogP contribution in [-0.2, 0) is 9.59 Å². The van der Waals surface area contributed by atoms with Gasteiger partial charge in [0.2, 0.25) is 5.91 Å². The summed E-state index contributed by atoms with van der Waals surface area (Å²) in [5, 5.41) is 6.59. The number of para-hydroxylation sites is 2. The first kappa shape index (κ1) is 40.1. The van der Waals surface area contributed by atoms with Crippen LogP contribution in [0.4, 0.5) is 11.4 Å². The monoisotopic (exact) mass is 679 g/mol. The zero-order valence-corrected chi connectivity index (χ0v) is 31.9. The largest absolute Gasteiger partial charge is 0.324 e. The molecule has 2 aromatic rings. The van der Waals surface area contributed by atoms with E-state index in [2.05, 4.69) is 99.2 Å². The van der Waals surface area contributed by atoms with Gasteiger partial charge in [0.05, 0.1) is 25.7 Å². The van der Waals surface area contributed by atoms with Crippen LogP contribution >= 0.6 is 12.6 Å². The van der Waals surface area contributed by atoms with Crippen molar-refractivity contribution in [3.63, 3.8) is 0 Å². The molecule has 2 unspecified atom stereocenters. The van der Waals surface area contributed by atoms with E-state index in [9.17, 15) is 9.59 Å². The van der Waals surface area contributed by atoms with Gasteiger partial charge in [0.15, 0.2) is 6.54 Å². The van der Waals surface area contributed by atoms with Crippen LogP contribution in [0, 0.1) is 27.7 Å². The van der Waals surface area contributed by atoms with Crippen LogP contribution in [0.25, 0.3) is 0 Å². The molecule has 7 heteroatoms. The average molecular weight is 680 g/mol. The van der Waals surface area contributed by atoms with Crippen LogP contribution in [0.5, 0.6) is 0 Å². The molecule has 1 fully saturated rings. The third kappa shape index (κ3) is 13.2. The third-order valence-corrected chi connectivity index (χ3v) is 10.8. The summed E-state index contributed by atoms with van der Waals surface area (Å²) in [4.78, 5) is 29.6. The van der Waals surface area contributed by atoms with Crippen LogP contribution in [0.15, 0.2) is 36.4 Å². The summed E-state index contributed by atoms with van der Waals surface area (Å²) in [5.74, 6) is 1.20. The van der Waals surface area contributed by atoms with Gasteiger partial charge in [-0.05, 0) is 127 Å². The molecule has 1 heterocycles. The molecule has 2 N–H and O–H groups in total. The van der Waals surface area contributed by atoms with Gasteiger partial charge in [-0.2, -0.15) is 12.6 Å². The summed E-state index contributed by atoms with van der Waals surface area (Å²) in [7, 11) is 0. The lowest BCUT2D eigenvalue weighted by atomic mass is 10.1. The first-order chi connectivity index (χ1) is 23.2. The summed E-state index contributed by atoms with van der Waals surface area (Å²) in [6.45, 7) is 16.3. The van der Waals surface area contributed by atoms with Gasteiger partial charge in [0, 0.05) is 11.4 Å². The Labute approximate surface area is 298 Å². The molecule has 48 heavy (non-hydrogen) atoms. The van der Waals surface area contributed by atoms with Crippen LogP contribution in [-0.4, -0.2) is 72.3 Å². The van der Waals surface area contributed by atoms with Crippen molar-refractivity contribution in [1.82, 2.24) is 4.90 Å². The molecule has 268 valence electrons. The second-order valence-electron chi connectivity index (χ2n) is 14.5. The quantitative estimate of drug-likeness (QED) is 0.0700. The molecule has 3 rings (SSSR count). The summed E-state index contributed by atoms with van der Waals surface area (Å²) in [5.41, 5.74) is 6.44. The second kappa shape index (κ2) is 21.7. The lowest BCUT2D eigenvalue weighted by molar-refractivity contribution is -0.921. The highest BCUT2D eigenvalue weighted by Gasteiger charge is 2.30. The highest BCUT2D eigenvalue weighted by molar-refractivity contribution is 7.80. The number of benzene rings is 2. The fourth-order valence-corrected chi connectivity index (χ4v) is 7.79. The second-order valence-corrected chi connectivity index (χ2v) is 15.0. The van der Waals surface area contributed by atoms with Gasteiger partial charge in [-0.1, -0.05) is 75.4 Å². The minimum atomic E-state index is -0.0422. The number of hydrogen-bond donors (Lipinski definition) is 3. The number of nitrogens with one attached hydrogen (secondary N) is 2. The number of carbonyl (C=O) groups excluding carboxylic acids is 2. The van der Waals surface area contributed by atoms with Crippen molar-refractivity contribution < 1.29 is 14.1 Å². The van der Waals surface area contributed by atoms with Crippen molar-refractivity contribution in [2.24, 2.45) is 0 Å². The number of nitrogens with zero attached hydrogens (tertiary/aromatic N) is 2. The lowest BCUT2D eigenvalue weighted by Gasteiger charge is -2.39. The van der Waals surface area contributed by atoms with Gasteiger partial charge in [0.1, 0.15) is 0 Å².